The van der Waals surface area contributed by atoms with E-state index in [-0.39, 0.29) is 11.9 Å². The average molecular weight is 456 g/mol. The molecule has 1 unspecified atom stereocenters. The van der Waals surface area contributed by atoms with Gasteiger partial charge in [-0.2, -0.15) is 4.80 Å². The molecule has 1 aliphatic heterocycles. The number of nitrogens with zero attached hydrogens (tertiary/aromatic N) is 5. The van der Waals surface area contributed by atoms with E-state index in [1.54, 1.807) is 14.2 Å². The Hall–Kier alpha value is -3.84. The lowest BCUT2D eigenvalue weighted by molar-refractivity contribution is 0.185. The summed E-state index contributed by atoms with van der Waals surface area (Å²) in [6.45, 7) is 1.45. The van der Waals surface area contributed by atoms with Gasteiger partial charge in [0, 0.05) is 19.3 Å². The molecule has 1 aromatic heterocycles. The van der Waals surface area contributed by atoms with Crippen molar-refractivity contribution < 1.29 is 9.13 Å². The molecule has 4 aromatic rings. The first kappa shape index (κ1) is 22.0. The first-order valence-electron chi connectivity index (χ1n) is 11.3. The highest BCUT2D eigenvalue weighted by molar-refractivity contribution is 5.67. The number of methoxy groups -OCH3 is 1. The average Bonchev–Trinajstić information content (AvgIpc) is 3.28. The summed E-state index contributed by atoms with van der Waals surface area (Å²) in [5.74, 6) is 0.345. The third-order valence-electron chi connectivity index (χ3n) is 6.11. The number of aryl methyl sites for hydroxylation is 1. The maximum atomic E-state index is 13.6. The van der Waals surface area contributed by atoms with E-state index < -0.39 is 0 Å². The Labute approximate surface area is 198 Å². The summed E-state index contributed by atoms with van der Waals surface area (Å²) in [4.78, 5) is 3.79. The molecular formula is C27H26FN5O. The highest BCUT2D eigenvalue weighted by atomic mass is 19.1. The molecule has 0 amide bonds. The smallest absolute Gasteiger partial charge is 0.197 e. The molecule has 34 heavy (non-hydrogen) atoms. The van der Waals surface area contributed by atoms with Gasteiger partial charge in [-0.05, 0) is 69.8 Å². The second kappa shape index (κ2) is 9.57. The fraction of sp³-hybridized carbons (Fsp3) is 0.222. The molecule has 0 bridgehead atoms. The minimum atomic E-state index is -0.226. The van der Waals surface area contributed by atoms with Crippen LogP contribution in [-0.2, 0) is 24.8 Å². The van der Waals surface area contributed by atoms with Crippen molar-refractivity contribution in [2.24, 2.45) is 7.05 Å². The zero-order valence-electron chi connectivity index (χ0n) is 19.2. The second-order valence-corrected chi connectivity index (χ2v) is 8.43. The fourth-order valence-electron chi connectivity index (χ4n) is 4.53. The number of benzene rings is 3. The lowest BCUT2D eigenvalue weighted by atomic mass is 9.86. The van der Waals surface area contributed by atoms with Crippen molar-refractivity contribution >= 4 is 17.8 Å². The Bertz CT molecular complexity index is 1300. The molecule has 0 aliphatic carbocycles. The van der Waals surface area contributed by atoms with Gasteiger partial charge in [-0.15, -0.1) is 10.2 Å². The van der Waals surface area contributed by atoms with E-state index in [0.717, 1.165) is 24.2 Å². The van der Waals surface area contributed by atoms with Crippen LogP contribution in [0.2, 0.25) is 0 Å². The minimum Gasteiger partial charge on any atom is -0.380 e. The molecule has 0 N–H and O–H groups in total. The van der Waals surface area contributed by atoms with Gasteiger partial charge < -0.3 is 9.64 Å². The first-order valence-corrected chi connectivity index (χ1v) is 11.3. The van der Waals surface area contributed by atoms with Gasteiger partial charge in [-0.25, -0.2) is 4.39 Å². The normalized spacial score (nSPS) is 15.6. The Morgan fingerprint density at radius 1 is 1.03 bits per heavy atom. The van der Waals surface area contributed by atoms with Crippen molar-refractivity contribution in [3.8, 4) is 0 Å². The summed E-state index contributed by atoms with van der Waals surface area (Å²) >= 11 is 0. The van der Waals surface area contributed by atoms with Crippen LogP contribution < -0.4 is 4.90 Å². The Morgan fingerprint density at radius 3 is 2.53 bits per heavy atom. The molecule has 0 saturated heterocycles. The van der Waals surface area contributed by atoms with E-state index in [4.69, 9.17) is 4.74 Å². The number of ether oxygens (including phenoxy) is 1. The number of aromatic nitrogens is 4. The number of anilines is 1. The predicted molar refractivity (Wildman–Crippen MR) is 131 cm³/mol. The Balaban J connectivity index is 1.49. The Morgan fingerprint density at radius 2 is 1.82 bits per heavy atom. The molecule has 0 radical (unpaired) electrons. The summed E-state index contributed by atoms with van der Waals surface area (Å²) in [6.07, 6.45) is 4.75. The topological polar surface area (TPSA) is 56.1 Å². The van der Waals surface area contributed by atoms with Crippen molar-refractivity contribution in [3.63, 3.8) is 0 Å². The second-order valence-electron chi connectivity index (χ2n) is 8.43. The van der Waals surface area contributed by atoms with Gasteiger partial charge in [-0.1, -0.05) is 48.5 Å². The van der Waals surface area contributed by atoms with Crippen LogP contribution in [0.15, 0.2) is 66.7 Å². The van der Waals surface area contributed by atoms with E-state index in [0.29, 0.717) is 12.4 Å². The molecule has 2 heterocycles. The van der Waals surface area contributed by atoms with E-state index in [2.05, 4.69) is 62.8 Å². The van der Waals surface area contributed by atoms with Gasteiger partial charge >= 0.3 is 0 Å². The van der Waals surface area contributed by atoms with Crippen LogP contribution in [0.3, 0.4) is 0 Å². The lowest BCUT2D eigenvalue weighted by Gasteiger charge is -2.39. The quantitative estimate of drug-likeness (QED) is 0.417. The minimum absolute atomic E-state index is 0.0329. The van der Waals surface area contributed by atoms with E-state index in [1.807, 2.05) is 24.3 Å². The largest absolute Gasteiger partial charge is 0.380 e. The Kier molecular flexibility index (Phi) is 6.18. The molecular weight excluding hydrogens is 429 g/mol. The van der Waals surface area contributed by atoms with Gasteiger partial charge in [0.15, 0.2) is 5.82 Å². The van der Waals surface area contributed by atoms with Gasteiger partial charge in [0.25, 0.3) is 0 Å². The molecule has 0 fully saturated rings. The molecule has 3 aromatic carbocycles. The highest BCUT2D eigenvalue weighted by Gasteiger charge is 2.29. The molecule has 1 atom stereocenters. The van der Waals surface area contributed by atoms with Crippen LogP contribution in [0.25, 0.3) is 12.2 Å². The maximum Gasteiger partial charge on any atom is 0.197 e. The highest BCUT2D eigenvalue weighted by Crippen LogP contribution is 2.39. The van der Waals surface area contributed by atoms with Gasteiger partial charge in [0.2, 0.25) is 0 Å². The van der Waals surface area contributed by atoms with Crippen molar-refractivity contribution in [1.29, 1.82) is 0 Å². The zero-order valence-corrected chi connectivity index (χ0v) is 19.2. The molecule has 5 rings (SSSR count). The van der Waals surface area contributed by atoms with Crippen molar-refractivity contribution in [2.75, 3.05) is 18.6 Å². The fourth-order valence-corrected chi connectivity index (χ4v) is 4.53. The molecule has 0 saturated carbocycles. The number of hydrogen-bond acceptors (Lipinski definition) is 5. The summed E-state index contributed by atoms with van der Waals surface area (Å²) in [5.41, 5.74) is 7.01. The summed E-state index contributed by atoms with van der Waals surface area (Å²) < 4.78 is 19.0. The number of halogens is 1. The van der Waals surface area contributed by atoms with Crippen LogP contribution in [0.4, 0.5) is 10.1 Å². The summed E-state index contributed by atoms with van der Waals surface area (Å²) in [7, 11) is 3.46. The number of tetrazole rings is 1. The third-order valence-corrected chi connectivity index (χ3v) is 6.11. The van der Waals surface area contributed by atoms with Gasteiger partial charge in [0.05, 0.1) is 19.7 Å². The van der Waals surface area contributed by atoms with Crippen molar-refractivity contribution in [2.45, 2.75) is 19.1 Å². The number of fused-ring (bicyclic) bond motifs is 1. The van der Waals surface area contributed by atoms with Crippen LogP contribution in [0.1, 0.15) is 39.7 Å². The summed E-state index contributed by atoms with van der Waals surface area (Å²) in [5, 5.41) is 12.0. The first-order chi connectivity index (χ1) is 16.6. The molecule has 7 heteroatoms. The predicted octanol–water partition coefficient (Wildman–Crippen LogP) is 4.82. The maximum absolute atomic E-state index is 13.6. The van der Waals surface area contributed by atoms with Crippen LogP contribution in [0, 0.1) is 5.82 Å². The zero-order chi connectivity index (χ0) is 23.5. The van der Waals surface area contributed by atoms with E-state index in [9.17, 15) is 4.39 Å². The van der Waals surface area contributed by atoms with Crippen LogP contribution in [-0.4, -0.2) is 33.9 Å². The SMILES string of the molecule is COCc1ccc2c(c1)CCN(c1ccc(F)cc1)C2c1ccc(/C=C/c2nnn(C)n2)cc1. The van der Waals surface area contributed by atoms with Crippen molar-refractivity contribution in [1.82, 2.24) is 20.2 Å². The molecule has 172 valence electrons. The standard InChI is InChI=1S/C27H26FN5O/c1-32-30-26(29-31-32)14-6-19-3-7-21(8-4-19)27-25-13-5-20(18-34-2)17-22(25)15-16-33(27)24-11-9-23(28)10-12-24/h3-14,17,27H,15-16,18H2,1-2H3/b14-6+. The van der Waals surface area contributed by atoms with Crippen LogP contribution in [0.5, 0.6) is 0 Å². The van der Waals surface area contributed by atoms with E-state index in [1.165, 1.54) is 39.2 Å². The molecule has 1 aliphatic rings. The molecule has 6 nitrogen and oxygen atoms in total. The third kappa shape index (κ3) is 4.61. The van der Waals surface area contributed by atoms with Crippen LogP contribution >= 0.6 is 0 Å². The summed E-state index contributed by atoms with van der Waals surface area (Å²) in [6, 6.07) is 21.9. The van der Waals surface area contributed by atoms with Gasteiger partial charge in [0.1, 0.15) is 5.82 Å². The van der Waals surface area contributed by atoms with E-state index >= 15 is 0 Å². The van der Waals surface area contributed by atoms with Crippen molar-refractivity contribution in [3.05, 3.63) is 106 Å². The number of rotatable bonds is 6. The monoisotopic (exact) mass is 455 g/mol. The molecule has 0 spiro atoms. The lowest BCUT2D eigenvalue weighted by Crippen LogP contribution is -2.36. The van der Waals surface area contributed by atoms with Gasteiger partial charge in [-0.3, -0.25) is 0 Å². The number of hydrogen-bond donors (Lipinski definition) is 0.